The number of hydrogen-bond acceptors (Lipinski definition) is 9. The Morgan fingerprint density at radius 1 is 0.226 bits per heavy atom. The van der Waals surface area contributed by atoms with Crippen LogP contribution in [0.25, 0.3) is 66.8 Å². The van der Waals surface area contributed by atoms with Crippen molar-refractivity contribution in [3.05, 3.63) is 328 Å². The fourth-order valence-electron chi connectivity index (χ4n) is 9.74. The van der Waals surface area contributed by atoms with Gasteiger partial charge in [0.2, 0.25) is 0 Å². The zero-order chi connectivity index (χ0) is 56.4. The van der Waals surface area contributed by atoms with E-state index in [2.05, 4.69) is 82.5 Å². The second kappa shape index (κ2) is 24.5. The van der Waals surface area contributed by atoms with Crippen molar-refractivity contribution in [2.24, 2.45) is 4.52 Å². The second-order valence-corrected chi connectivity index (χ2v) is 26.4. The molecule has 0 radical (unpaired) electrons. The van der Waals surface area contributed by atoms with Crippen molar-refractivity contribution in [3.63, 3.8) is 0 Å². The van der Waals surface area contributed by atoms with Gasteiger partial charge in [-0.15, -0.1) is 0 Å². The van der Waals surface area contributed by atoms with E-state index in [-0.39, 0.29) is 0 Å². The summed E-state index contributed by atoms with van der Waals surface area (Å²) in [5.41, 5.74) is 12.3. The van der Waals surface area contributed by atoms with Crippen LogP contribution in [0.2, 0.25) is 0 Å². The molecule has 12 aromatic carbocycles. The minimum atomic E-state index is -4.12. The molecule has 0 unspecified atom stereocenters. The summed E-state index contributed by atoms with van der Waals surface area (Å²) in [6.45, 7) is 0. The molecule has 12 heteroatoms. The highest BCUT2D eigenvalue weighted by molar-refractivity contribution is 7.89. The van der Waals surface area contributed by atoms with Gasteiger partial charge in [-0.05, 0) is 140 Å². The number of nitrogens with zero attached hydrogens (tertiary/aromatic N) is 1. The summed E-state index contributed by atoms with van der Waals surface area (Å²) in [6, 6.07) is 109. The summed E-state index contributed by atoms with van der Waals surface area (Å²) in [4.78, 5) is 7.54. The fourth-order valence-corrected chi connectivity index (χ4v) is 19.7. The van der Waals surface area contributed by atoms with Gasteiger partial charge in [0.1, 0.15) is 16.4 Å². The molecule has 2 N–H and O–H groups in total. The third kappa shape index (κ3) is 12.7. The molecule has 9 nitrogen and oxygen atoms in total. The summed E-state index contributed by atoms with van der Waals surface area (Å²) < 4.78 is 50.4. The van der Waals surface area contributed by atoms with E-state index in [1.54, 1.807) is 0 Å². The normalized spacial score (nSPS) is 13.8. The first-order valence-corrected chi connectivity index (χ1v) is 32.3. The summed E-state index contributed by atoms with van der Waals surface area (Å²) in [7, 11) is -12.3. The van der Waals surface area contributed by atoms with Crippen molar-refractivity contribution >= 4 is 23.7 Å². The lowest BCUT2D eigenvalue weighted by atomic mass is 10.1. The molecule has 0 saturated carbocycles. The van der Waals surface area contributed by atoms with Crippen LogP contribution in [0.1, 0.15) is 0 Å². The molecular weight excluding hydrogens is 1100 g/mol. The molecule has 84 heavy (non-hydrogen) atoms. The second-order valence-electron chi connectivity index (χ2n) is 19.8. The van der Waals surface area contributed by atoms with Crippen molar-refractivity contribution in [1.29, 1.82) is 0 Å². The number of hydrogen-bond donors (Lipinski definition) is 2. The Hall–Kier alpha value is -9.55. The van der Waals surface area contributed by atoms with E-state index in [4.69, 9.17) is 31.7 Å². The molecule has 0 aliphatic carbocycles. The first-order valence-electron chi connectivity index (χ1n) is 27.5. The fraction of sp³-hybridized carbons (Fsp3) is 0. The lowest BCUT2D eigenvalue weighted by molar-refractivity contribution is 0.404. The molecule has 0 aromatic heterocycles. The molecule has 408 valence electrons. The molecule has 0 bridgehead atoms. The molecule has 0 amide bonds. The van der Waals surface area contributed by atoms with Gasteiger partial charge in [-0.3, -0.25) is 18.1 Å². The van der Waals surface area contributed by atoms with Crippen LogP contribution < -0.4 is 36.9 Å². The minimum Gasteiger partial charge on any atom is -0.415 e. The van der Waals surface area contributed by atoms with Gasteiger partial charge in [0.15, 0.2) is 23.0 Å². The first-order chi connectivity index (χ1) is 41.4. The SMILES string of the molecule is c1ccc(-c2ccc(OP3(Oc4ccc(-c5ccccc5)cc4)=N[P+](Oc4ccc(-c5ccccc5)cc4)(Oc4ccc(-c5ccccc5)cc4)N[P+](Oc4ccc(-c5ccccc5)cc4)(Oc4ccc(-c5ccccc5)cc4)N3)cc2)cc1. The van der Waals surface area contributed by atoms with Crippen LogP contribution in [-0.2, 0) is 0 Å². The molecule has 12 aromatic rings. The van der Waals surface area contributed by atoms with Crippen molar-refractivity contribution < 1.29 is 27.1 Å². The highest BCUT2D eigenvalue weighted by atomic mass is 31.3. The Morgan fingerprint density at radius 2 is 0.429 bits per heavy atom. The quantitative estimate of drug-likeness (QED) is 0.0821. The smallest absolute Gasteiger partial charge is 0.415 e. The molecule has 0 atom stereocenters. The van der Waals surface area contributed by atoms with Crippen LogP contribution in [0, 0.1) is 0 Å². The van der Waals surface area contributed by atoms with Gasteiger partial charge in [-0.25, -0.2) is 0 Å². The number of benzene rings is 12. The Bertz CT molecular complexity index is 3880. The number of nitrogens with one attached hydrogen (secondary N) is 2. The molecule has 0 spiro atoms. The van der Waals surface area contributed by atoms with Gasteiger partial charge < -0.3 is 9.05 Å². The van der Waals surface area contributed by atoms with Gasteiger partial charge in [-0.2, -0.15) is 0 Å². The van der Waals surface area contributed by atoms with E-state index in [0.717, 1.165) is 66.8 Å². The number of rotatable bonds is 18. The topological polar surface area (TPSA) is 91.8 Å². The Labute approximate surface area is 491 Å². The average molecular weight is 1150 g/mol. The lowest BCUT2D eigenvalue weighted by Crippen LogP contribution is -2.41. The molecule has 0 fully saturated rings. The molecular formula is C72H56N3O6P3+2. The lowest BCUT2D eigenvalue weighted by Gasteiger charge is -2.34. The Balaban J connectivity index is 1.02. The van der Waals surface area contributed by atoms with Crippen molar-refractivity contribution in [2.45, 2.75) is 0 Å². The highest BCUT2D eigenvalue weighted by Gasteiger charge is 2.75. The average Bonchev–Trinajstić information content (AvgIpc) is 2.09. The zero-order valence-corrected chi connectivity index (χ0v) is 48.1. The van der Waals surface area contributed by atoms with E-state index < -0.39 is 23.7 Å². The van der Waals surface area contributed by atoms with Crippen LogP contribution in [0.15, 0.2) is 332 Å². The van der Waals surface area contributed by atoms with Gasteiger partial charge in [0.25, 0.3) is 0 Å². The summed E-state index contributed by atoms with van der Waals surface area (Å²) in [5.74, 6) is 2.77. The maximum absolute atomic E-state index is 7.46. The first kappa shape index (κ1) is 53.7. The third-order valence-corrected chi connectivity index (χ3v) is 22.7. The Kier molecular flexibility index (Phi) is 15.7. The van der Waals surface area contributed by atoms with Crippen molar-refractivity contribution in [3.8, 4) is 101 Å². The monoisotopic (exact) mass is 1150 g/mol. The zero-order valence-electron chi connectivity index (χ0n) is 45.4. The molecule has 13 rings (SSSR count). The summed E-state index contributed by atoms with van der Waals surface area (Å²) in [5, 5.41) is 0. The van der Waals surface area contributed by atoms with Crippen LogP contribution in [0.4, 0.5) is 0 Å². The van der Waals surface area contributed by atoms with E-state index in [0.29, 0.717) is 34.5 Å². The summed E-state index contributed by atoms with van der Waals surface area (Å²) >= 11 is 0. The predicted molar refractivity (Wildman–Crippen MR) is 344 cm³/mol. The van der Waals surface area contributed by atoms with Crippen LogP contribution >= 0.6 is 23.7 Å². The van der Waals surface area contributed by atoms with Gasteiger partial charge in [0.05, 0.1) is 4.52 Å². The molecule has 1 heterocycles. The third-order valence-electron chi connectivity index (χ3n) is 13.9. The van der Waals surface area contributed by atoms with Crippen LogP contribution in [0.3, 0.4) is 0 Å². The molecule has 1 aliphatic rings. The van der Waals surface area contributed by atoms with Crippen molar-refractivity contribution in [1.82, 2.24) is 9.72 Å². The molecule has 1 aliphatic heterocycles. The largest absolute Gasteiger partial charge is 0.617 e. The van der Waals surface area contributed by atoms with E-state index in [1.165, 1.54) is 0 Å². The predicted octanol–water partition coefficient (Wildman–Crippen LogP) is 21.0. The van der Waals surface area contributed by atoms with E-state index in [9.17, 15) is 0 Å². The van der Waals surface area contributed by atoms with Gasteiger partial charge in [0, 0.05) is 4.86 Å². The minimum absolute atomic E-state index is 0.456. The highest BCUT2D eigenvalue weighted by Crippen LogP contribution is 2.80. The van der Waals surface area contributed by atoms with Gasteiger partial charge in [-0.1, -0.05) is 255 Å². The summed E-state index contributed by atoms with van der Waals surface area (Å²) in [6.07, 6.45) is 0. The standard InChI is InChI=1S/C72H56N3O6P3/c1-7-19-55(20-8-1)61-31-43-67(44-32-61)76-82(77-68-45-33-62(34-46-68)56-21-9-2-10-22-56)73-83(78-69-47-35-63(36-48-69)57-23-11-3-12-24-57,79-70-49-37-64(38-50-70)58-25-13-4-14-26-58)75-84(74-82,80-71-51-39-65(40-52-71)59-27-15-5-16-28-59)81-72-53-41-66(42-54-72)60-29-17-6-18-30-60/h1-54,73-74H/q+2. The Morgan fingerprint density at radius 3 is 0.667 bits per heavy atom. The van der Waals surface area contributed by atoms with E-state index >= 15 is 0 Å². The van der Waals surface area contributed by atoms with E-state index in [1.807, 2.05) is 255 Å². The van der Waals surface area contributed by atoms with Crippen molar-refractivity contribution in [2.75, 3.05) is 0 Å². The van der Waals surface area contributed by atoms with Crippen LogP contribution in [-0.4, -0.2) is 0 Å². The maximum atomic E-state index is 7.46. The van der Waals surface area contributed by atoms with Gasteiger partial charge >= 0.3 is 23.7 Å². The van der Waals surface area contributed by atoms with Crippen LogP contribution in [0.5, 0.6) is 34.5 Å². The maximum Gasteiger partial charge on any atom is 0.617 e. The molecule has 0 saturated heterocycles.